The van der Waals surface area contributed by atoms with Crippen molar-refractivity contribution in [1.82, 2.24) is 0 Å². The fraction of sp³-hybridized carbons (Fsp3) is 0.947. The van der Waals surface area contributed by atoms with Crippen LogP contribution in [-0.4, -0.2) is 38.4 Å². The quantitative estimate of drug-likeness (QED) is 0.365. The smallest absolute Gasteiger partial charge is 0.312 e. The number of methoxy groups -OCH3 is 1. The molecule has 4 aliphatic rings. The maximum atomic E-state index is 12.8. The Morgan fingerprint density at radius 3 is 2.54 bits per heavy atom. The van der Waals surface area contributed by atoms with Crippen molar-refractivity contribution in [3.8, 4) is 0 Å². The van der Waals surface area contributed by atoms with Gasteiger partial charge in [0, 0.05) is 7.11 Å². The van der Waals surface area contributed by atoms with E-state index in [1.165, 1.54) is 6.42 Å². The number of esters is 1. The van der Waals surface area contributed by atoms with Gasteiger partial charge in [-0.2, -0.15) is 0 Å². The molecule has 4 aliphatic carbocycles. The molecule has 0 radical (unpaired) electrons. The molecule has 0 amide bonds. The molecule has 0 saturated heterocycles. The Labute approximate surface area is 145 Å². The number of hydrogen-bond donors (Lipinski definition) is 0. The molecule has 24 heavy (non-hydrogen) atoms. The molecule has 5 heteroatoms. The summed E-state index contributed by atoms with van der Waals surface area (Å²) >= 11 is 0. The van der Waals surface area contributed by atoms with Crippen LogP contribution in [0.2, 0.25) is 0 Å². The van der Waals surface area contributed by atoms with E-state index in [0.29, 0.717) is 24.4 Å². The standard InChI is InChI=1S/C19H32O5/c1-4-5-6-22-18(20)17-16-8-14-7-15(9-16)11-19(17,10-14)24-12-23-13(2)21-3/h13-17H,4-12H2,1-3H3. The summed E-state index contributed by atoms with van der Waals surface area (Å²) in [7, 11) is 1.61. The molecule has 4 fully saturated rings. The van der Waals surface area contributed by atoms with E-state index in [0.717, 1.165) is 38.5 Å². The lowest BCUT2D eigenvalue weighted by Crippen LogP contribution is -2.61. The van der Waals surface area contributed by atoms with Gasteiger partial charge in [0.1, 0.15) is 0 Å². The van der Waals surface area contributed by atoms with Gasteiger partial charge in [0.25, 0.3) is 0 Å². The van der Waals surface area contributed by atoms with Crippen LogP contribution in [-0.2, 0) is 23.7 Å². The van der Waals surface area contributed by atoms with Crippen molar-refractivity contribution in [3.63, 3.8) is 0 Å². The first kappa shape index (κ1) is 18.2. The van der Waals surface area contributed by atoms with E-state index in [9.17, 15) is 4.79 Å². The van der Waals surface area contributed by atoms with Crippen molar-refractivity contribution in [1.29, 1.82) is 0 Å². The van der Waals surface area contributed by atoms with Gasteiger partial charge in [-0.3, -0.25) is 4.79 Å². The molecule has 0 spiro atoms. The van der Waals surface area contributed by atoms with Crippen molar-refractivity contribution < 1.29 is 23.7 Å². The Bertz CT molecular complexity index is 423. The summed E-state index contributed by atoms with van der Waals surface area (Å²) in [5, 5.41) is 0. The average molecular weight is 340 g/mol. The zero-order valence-corrected chi connectivity index (χ0v) is 15.3. The zero-order chi connectivity index (χ0) is 17.2. The minimum atomic E-state index is -0.383. The zero-order valence-electron chi connectivity index (χ0n) is 15.3. The molecule has 4 bridgehead atoms. The fourth-order valence-corrected chi connectivity index (χ4v) is 5.30. The van der Waals surface area contributed by atoms with Crippen LogP contribution >= 0.6 is 0 Å². The third kappa shape index (κ3) is 3.63. The van der Waals surface area contributed by atoms with Crippen molar-refractivity contribution in [2.45, 2.75) is 70.7 Å². The minimum Gasteiger partial charge on any atom is -0.465 e. The van der Waals surface area contributed by atoms with Gasteiger partial charge in [0.05, 0.1) is 18.1 Å². The topological polar surface area (TPSA) is 54.0 Å². The third-order valence-corrected chi connectivity index (χ3v) is 6.22. The van der Waals surface area contributed by atoms with Crippen LogP contribution < -0.4 is 0 Å². The predicted molar refractivity (Wildman–Crippen MR) is 89.2 cm³/mol. The van der Waals surface area contributed by atoms with Crippen molar-refractivity contribution >= 4 is 5.97 Å². The maximum Gasteiger partial charge on any atom is 0.312 e. The van der Waals surface area contributed by atoms with Gasteiger partial charge < -0.3 is 18.9 Å². The van der Waals surface area contributed by atoms with Gasteiger partial charge >= 0.3 is 5.97 Å². The molecule has 0 aliphatic heterocycles. The van der Waals surface area contributed by atoms with E-state index < -0.39 is 0 Å². The van der Waals surface area contributed by atoms with Crippen molar-refractivity contribution in [2.24, 2.45) is 23.7 Å². The second-order valence-corrected chi connectivity index (χ2v) is 7.90. The number of hydrogen-bond acceptors (Lipinski definition) is 5. The van der Waals surface area contributed by atoms with Gasteiger partial charge in [-0.25, -0.2) is 0 Å². The molecule has 4 saturated carbocycles. The molecule has 4 unspecified atom stereocenters. The van der Waals surface area contributed by atoms with E-state index in [1.807, 2.05) is 6.92 Å². The Kier molecular flexibility index (Phi) is 5.83. The lowest BCUT2D eigenvalue weighted by Gasteiger charge is -2.59. The molecule has 4 rings (SSSR count). The highest BCUT2D eigenvalue weighted by atomic mass is 16.7. The number of unbranched alkanes of at least 4 members (excludes halogenated alkanes) is 1. The maximum absolute atomic E-state index is 12.8. The van der Waals surface area contributed by atoms with Crippen LogP contribution in [0.25, 0.3) is 0 Å². The summed E-state index contributed by atoms with van der Waals surface area (Å²) in [4.78, 5) is 12.8. The highest BCUT2D eigenvalue weighted by Crippen LogP contribution is 2.60. The van der Waals surface area contributed by atoms with Crippen LogP contribution in [0.1, 0.15) is 58.8 Å². The molecule has 4 atom stereocenters. The van der Waals surface area contributed by atoms with E-state index >= 15 is 0 Å². The normalized spacial score (nSPS) is 38.3. The first-order valence-corrected chi connectivity index (χ1v) is 9.53. The predicted octanol–water partition coefficient (Wildman–Crippen LogP) is 3.51. The summed E-state index contributed by atoms with van der Waals surface area (Å²) in [6, 6.07) is 0. The van der Waals surface area contributed by atoms with Crippen molar-refractivity contribution in [3.05, 3.63) is 0 Å². The minimum absolute atomic E-state index is 0.0490. The van der Waals surface area contributed by atoms with Gasteiger partial charge in [0.2, 0.25) is 0 Å². The van der Waals surface area contributed by atoms with E-state index in [4.69, 9.17) is 18.9 Å². The summed E-state index contributed by atoms with van der Waals surface area (Å²) < 4.78 is 22.5. The Balaban J connectivity index is 1.68. The molecular formula is C19H32O5. The second kappa shape index (κ2) is 7.71. The molecule has 0 heterocycles. The van der Waals surface area contributed by atoms with Gasteiger partial charge in [-0.1, -0.05) is 13.3 Å². The summed E-state index contributed by atoms with van der Waals surface area (Å²) in [6.45, 7) is 4.66. The SMILES string of the molecule is CCCCOC(=O)C1C2CC3CC(C2)CC1(OCOC(C)OC)C3. The number of ether oxygens (including phenoxy) is 4. The van der Waals surface area contributed by atoms with Crippen LogP contribution in [0.4, 0.5) is 0 Å². The lowest BCUT2D eigenvalue weighted by atomic mass is 9.49. The lowest BCUT2D eigenvalue weighted by molar-refractivity contribution is -0.266. The first-order chi connectivity index (χ1) is 11.6. The largest absolute Gasteiger partial charge is 0.465 e. The van der Waals surface area contributed by atoms with Crippen molar-refractivity contribution in [2.75, 3.05) is 20.5 Å². The second-order valence-electron chi connectivity index (χ2n) is 7.90. The Hall–Kier alpha value is -0.650. The van der Waals surface area contributed by atoms with Gasteiger partial charge in [-0.15, -0.1) is 0 Å². The highest BCUT2D eigenvalue weighted by Gasteiger charge is 2.61. The third-order valence-electron chi connectivity index (χ3n) is 6.22. The average Bonchev–Trinajstić information content (AvgIpc) is 2.53. The molecular weight excluding hydrogens is 308 g/mol. The number of rotatable bonds is 9. The summed E-state index contributed by atoms with van der Waals surface area (Å²) in [5.41, 5.74) is -0.383. The first-order valence-electron chi connectivity index (χ1n) is 9.53. The molecule has 5 nitrogen and oxygen atoms in total. The van der Waals surface area contributed by atoms with Crippen LogP contribution in [0.3, 0.4) is 0 Å². The van der Waals surface area contributed by atoms with E-state index in [2.05, 4.69) is 6.92 Å². The van der Waals surface area contributed by atoms with Gasteiger partial charge in [-0.05, 0) is 63.2 Å². The van der Waals surface area contributed by atoms with Crippen LogP contribution in [0, 0.1) is 23.7 Å². The molecule has 0 aromatic rings. The molecule has 0 aromatic carbocycles. The molecule has 0 N–H and O–H groups in total. The monoisotopic (exact) mass is 340 g/mol. The van der Waals surface area contributed by atoms with Crippen LogP contribution in [0.15, 0.2) is 0 Å². The molecule has 138 valence electrons. The Morgan fingerprint density at radius 1 is 1.21 bits per heavy atom. The highest BCUT2D eigenvalue weighted by molar-refractivity contribution is 5.75. The van der Waals surface area contributed by atoms with E-state index in [1.54, 1.807) is 7.11 Å². The van der Waals surface area contributed by atoms with E-state index in [-0.39, 0.29) is 30.6 Å². The number of carbonyl (C=O) groups excluding carboxylic acids is 1. The molecule has 0 aromatic heterocycles. The summed E-state index contributed by atoms with van der Waals surface area (Å²) in [5.74, 6) is 1.64. The number of carbonyl (C=O) groups is 1. The fourth-order valence-electron chi connectivity index (χ4n) is 5.30. The Morgan fingerprint density at radius 2 is 1.92 bits per heavy atom. The summed E-state index contributed by atoms with van der Waals surface area (Å²) in [6.07, 6.45) is 7.22. The van der Waals surface area contributed by atoms with Gasteiger partial charge in [0.15, 0.2) is 13.1 Å². The van der Waals surface area contributed by atoms with Crippen LogP contribution in [0.5, 0.6) is 0 Å².